The number of hydrogen-bond acceptors (Lipinski definition) is 4. The van der Waals surface area contributed by atoms with Crippen LogP contribution in [-0.4, -0.2) is 16.2 Å². The molecule has 0 aliphatic rings. The number of aromatic nitrogens is 1. The lowest BCUT2D eigenvalue weighted by Crippen LogP contribution is -2.10. The van der Waals surface area contributed by atoms with Crippen LogP contribution in [0.15, 0.2) is 65.8 Å². The van der Waals surface area contributed by atoms with Gasteiger partial charge in [0.05, 0.1) is 0 Å². The van der Waals surface area contributed by atoms with Crippen molar-refractivity contribution >= 4 is 39.2 Å². The average molecular weight is 474 g/mol. The van der Waals surface area contributed by atoms with Gasteiger partial charge in [0.1, 0.15) is 11.5 Å². The van der Waals surface area contributed by atoms with Crippen LogP contribution in [0.4, 0.5) is 10.1 Å². The van der Waals surface area contributed by atoms with E-state index in [9.17, 15) is 9.18 Å². The van der Waals surface area contributed by atoms with Gasteiger partial charge < -0.3 is 15.1 Å². The summed E-state index contributed by atoms with van der Waals surface area (Å²) in [7, 11) is 0. The van der Waals surface area contributed by atoms with Gasteiger partial charge in [-0.15, -0.1) is 0 Å². The van der Waals surface area contributed by atoms with Crippen molar-refractivity contribution in [2.75, 3.05) is 5.73 Å². The van der Waals surface area contributed by atoms with Gasteiger partial charge in [0.25, 0.3) is 0 Å². The van der Waals surface area contributed by atoms with Crippen molar-refractivity contribution in [2.45, 2.75) is 53.0 Å². The molecule has 1 heterocycles. The van der Waals surface area contributed by atoms with Crippen molar-refractivity contribution in [3.8, 4) is 0 Å². The molecule has 0 aliphatic heterocycles. The number of nitrogen functional groups attached to an aromatic ring is 1. The van der Waals surface area contributed by atoms with Crippen molar-refractivity contribution in [3.05, 3.63) is 77.6 Å². The van der Waals surface area contributed by atoms with E-state index in [1.54, 1.807) is 12.1 Å². The number of benzene rings is 3. The number of halogens is 1. The normalized spacial score (nSPS) is 12.9. The molecule has 1 atom stereocenters. The van der Waals surface area contributed by atoms with Gasteiger partial charge in [-0.3, -0.25) is 0 Å². The number of nitrogens with two attached hydrogens (primary N) is 1. The minimum Gasteiger partial charge on any atom is -0.399 e. The summed E-state index contributed by atoms with van der Waals surface area (Å²) in [4.78, 5) is 16.5. The topological polar surface area (TPSA) is 69.6 Å². The van der Waals surface area contributed by atoms with Gasteiger partial charge in [0, 0.05) is 52.1 Å². The Kier molecular flexibility index (Phi) is 7.49. The molecular weight excluding hydrogens is 441 g/mol. The lowest BCUT2D eigenvalue weighted by atomic mass is 9.99. The second-order valence-electron chi connectivity index (χ2n) is 9.07. The molecule has 2 N–H and O–H groups in total. The molecule has 0 amide bonds. The molecule has 0 saturated carbocycles. The summed E-state index contributed by atoms with van der Waals surface area (Å²) in [5, 5.41) is 6.23. The summed E-state index contributed by atoms with van der Waals surface area (Å²) >= 11 is 0. The first-order valence-corrected chi connectivity index (χ1v) is 12.2. The van der Waals surface area contributed by atoms with Gasteiger partial charge >= 0.3 is 5.97 Å². The standard InChI is InChI=1S/C29H32FN3O2/c1-4-6-7-20(5-2)18-33-27-14-10-22(16-25(27)26-17-24(31)13-15-28(26)33)29(32-35-19(3)34)21-8-11-23(30)12-9-21/h8-17,20H,4-7,18,31H2,1-3H3/b32-29+. The van der Waals surface area contributed by atoms with E-state index in [0.29, 0.717) is 22.9 Å². The van der Waals surface area contributed by atoms with E-state index >= 15 is 0 Å². The number of nitrogens with zero attached hydrogens (tertiary/aromatic N) is 2. The Bertz CT molecular complexity index is 1370. The zero-order valence-corrected chi connectivity index (χ0v) is 20.6. The van der Waals surface area contributed by atoms with Gasteiger partial charge in [0.15, 0.2) is 0 Å². The molecule has 0 bridgehead atoms. The predicted molar refractivity (Wildman–Crippen MR) is 141 cm³/mol. The van der Waals surface area contributed by atoms with E-state index < -0.39 is 5.97 Å². The Morgan fingerprint density at radius 2 is 1.66 bits per heavy atom. The Balaban J connectivity index is 1.87. The smallest absolute Gasteiger partial charge is 0.332 e. The molecule has 5 nitrogen and oxygen atoms in total. The van der Waals surface area contributed by atoms with Crippen LogP contribution < -0.4 is 5.73 Å². The van der Waals surface area contributed by atoms with E-state index in [0.717, 1.165) is 40.3 Å². The second kappa shape index (κ2) is 10.7. The molecule has 4 aromatic rings. The summed E-state index contributed by atoms with van der Waals surface area (Å²) in [5.74, 6) is -0.276. The number of hydrogen-bond donors (Lipinski definition) is 1. The second-order valence-corrected chi connectivity index (χ2v) is 9.07. The average Bonchev–Trinajstić information content (AvgIpc) is 3.14. The van der Waals surface area contributed by atoms with Crippen LogP contribution in [0.5, 0.6) is 0 Å². The number of unbranched alkanes of at least 4 members (excludes halogenated alkanes) is 1. The van der Waals surface area contributed by atoms with Crippen LogP contribution in [0.2, 0.25) is 0 Å². The fraction of sp³-hybridized carbons (Fsp3) is 0.310. The first-order valence-electron chi connectivity index (χ1n) is 12.2. The van der Waals surface area contributed by atoms with E-state index in [1.165, 1.54) is 38.3 Å². The molecule has 182 valence electrons. The Morgan fingerprint density at radius 1 is 1.00 bits per heavy atom. The van der Waals surface area contributed by atoms with Crippen LogP contribution in [0.1, 0.15) is 57.6 Å². The lowest BCUT2D eigenvalue weighted by Gasteiger charge is -2.17. The Morgan fingerprint density at radius 3 is 2.31 bits per heavy atom. The summed E-state index contributed by atoms with van der Waals surface area (Å²) in [6.07, 6.45) is 4.74. The molecule has 4 rings (SSSR count). The highest BCUT2D eigenvalue weighted by atomic mass is 19.1. The Hall–Kier alpha value is -3.67. The number of carbonyl (C=O) groups is 1. The summed E-state index contributed by atoms with van der Waals surface area (Å²) in [5.41, 5.74) is 11.0. The van der Waals surface area contributed by atoms with Crippen molar-refractivity contribution < 1.29 is 14.0 Å². The van der Waals surface area contributed by atoms with Crippen molar-refractivity contribution in [1.82, 2.24) is 4.57 Å². The number of anilines is 1. The molecule has 6 heteroatoms. The van der Waals surface area contributed by atoms with Crippen molar-refractivity contribution in [3.63, 3.8) is 0 Å². The van der Waals surface area contributed by atoms with Crippen LogP contribution >= 0.6 is 0 Å². The number of carbonyl (C=O) groups excluding carboxylic acids is 1. The molecule has 0 radical (unpaired) electrons. The van der Waals surface area contributed by atoms with Gasteiger partial charge in [-0.2, -0.15) is 0 Å². The van der Waals surface area contributed by atoms with Crippen LogP contribution in [-0.2, 0) is 16.2 Å². The van der Waals surface area contributed by atoms with Crippen LogP contribution in [0, 0.1) is 11.7 Å². The van der Waals surface area contributed by atoms with Crippen LogP contribution in [0.3, 0.4) is 0 Å². The number of rotatable bonds is 9. The minimum atomic E-state index is -0.521. The largest absolute Gasteiger partial charge is 0.399 e. The maximum absolute atomic E-state index is 13.6. The third kappa shape index (κ3) is 5.37. The molecule has 3 aromatic carbocycles. The predicted octanol–water partition coefficient (Wildman–Crippen LogP) is 7.05. The first kappa shape index (κ1) is 24.5. The highest BCUT2D eigenvalue weighted by Crippen LogP contribution is 2.33. The maximum atomic E-state index is 13.6. The highest BCUT2D eigenvalue weighted by molar-refractivity contribution is 6.17. The third-order valence-electron chi connectivity index (χ3n) is 6.53. The zero-order valence-electron chi connectivity index (χ0n) is 20.6. The van der Waals surface area contributed by atoms with Gasteiger partial charge in [-0.1, -0.05) is 44.3 Å². The fourth-order valence-corrected chi connectivity index (χ4v) is 4.63. The van der Waals surface area contributed by atoms with Crippen LogP contribution in [0.25, 0.3) is 21.8 Å². The molecule has 1 aromatic heterocycles. The number of fused-ring (bicyclic) bond motifs is 3. The van der Waals surface area contributed by atoms with E-state index in [4.69, 9.17) is 10.6 Å². The lowest BCUT2D eigenvalue weighted by molar-refractivity contribution is -0.140. The van der Waals surface area contributed by atoms with Crippen molar-refractivity contribution in [2.24, 2.45) is 11.1 Å². The van der Waals surface area contributed by atoms with Crippen molar-refractivity contribution in [1.29, 1.82) is 0 Å². The first-order chi connectivity index (χ1) is 16.9. The highest BCUT2D eigenvalue weighted by Gasteiger charge is 2.17. The SMILES string of the molecule is CCCCC(CC)Cn1c2ccc(N)cc2c2cc(/C(=N/OC(C)=O)c3ccc(F)cc3)ccc21. The molecule has 1 unspecified atom stereocenters. The van der Waals surface area contributed by atoms with E-state index in [-0.39, 0.29) is 5.82 Å². The third-order valence-corrected chi connectivity index (χ3v) is 6.53. The molecule has 0 fully saturated rings. The summed E-state index contributed by atoms with van der Waals surface area (Å²) in [6.45, 7) is 6.72. The Labute approximate surface area is 205 Å². The van der Waals surface area contributed by atoms with Gasteiger partial charge in [0.2, 0.25) is 0 Å². The minimum absolute atomic E-state index is 0.344. The molecular formula is C29H32FN3O2. The van der Waals surface area contributed by atoms with Gasteiger partial charge in [-0.05, 0) is 66.9 Å². The zero-order chi connectivity index (χ0) is 24.9. The molecule has 0 aliphatic carbocycles. The fourth-order valence-electron chi connectivity index (χ4n) is 4.63. The molecule has 35 heavy (non-hydrogen) atoms. The monoisotopic (exact) mass is 473 g/mol. The van der Waals surface area contributed by atoms with Gasteiger partial charge in [-0.25, -0.2) is 9.18 Å². The summed E-state index contributed by atoms with van der Waals surface area (Å²) in [6, 6.07) is 18.1. The maximum Gasteiger partial charge on any atom is 0.332 e. The molecule has 0 spiro atoms. The quantitative estimate of drug-likeness (QED) is 0.123. The van der Waals surface area contributed by atoms with E-state index in [1.807, 2.05) is 24.3 Å². The summed E-state index contributed by atoms with van der Waals surface area (Å²) < 4.78 is 15.9. The molecule has 0 saturated heterocycles. The number of oxime groups is 1. The van der Waals surface area contributed by atoms with E-state index in [2.05, 4.69) is 35.7 Å².